The van der Waals surface area contributed by atoms with Crippen LogP contribution in [0, 0.1) is 0 Å². The molecule has 3 N–H and O–H groups in total. The van der Waals surface area contributed by atoms with Gasteiger partial charge in [0.2, 0.25) is 0 Å². The number of carbonyl (C=O) groups is 1. The summed E-state index contributed by atoms with van der Waals surface area (Å²) < 4.78 is 5.00. The van der Waals surface area contributed by atoms with Crippen molar-refractivity contribution in [1.29, 1.82) is 0 Å². The molecule has 0 fully saturated rings. The summed E-state index contributed by atoms with van der Waals surface area (Å²) >= 11 is 0. The van der Waals surface area contributed by atoms with Gasteiger partial charge in [0.1, 0.15) is 6.10 Å². The quantitative estimate of drug-likeness (QED) is 0.838. The number of aryl methyl sites for hydroxylation is 1. The molecule has 108 valence electrons. The SMILES string of the molecule is CCc1ccc(C(C)NC(=O)C(CN)OC)cc1.Cl. The Hall–Kier alpha value is -1.10. The molecule has 19 heavy (non-hydrogen) atoms. The van der Waals surface area contributed by atoms with Gasteiger partial charge in [-0.1, -0.05) is 31.2 Å². The van der Waals surface area contributed by atoms with Crippen LogP contribution in [0.25, 0.3) is 0 Å². The van der Waals surface area contributed by atoms with Gasteiger partial charge in [0, 0.05) is 13.7 Å². The minimum absolute atomic E-state index is 0. The number of carbonyl (C=O) groups excluding carboxylic acids is 1. The van der Waals surface area contributed by atoms with Crippen molar-refractivity contribution in [2.75, 3.05) is 13.7 Å². The van der Waals surface area contributed by atoms with Crippen molar-refractivity contribution in [2.24, 2.45) is 5.73 Å². The Morgan fingerprint density at radius 2 is 1.95 bits per heavy atom. The predicted octanol–water partition coefficient (Wildman–Crippen LogP) is 1.82. The number of benzene rings is 1. The molecule has 4 nitrogen and oxygen atoms in total. The van der Waals surface area contributed by atoms with Crippen molar-refractivity contribution in [3.05, 3.63) is 35.4 Å². The topological polar surface area (TPSA) is 64.4 Å². The molecule has 0 saturated heterocycles. The van der Waals surface area contributed by atoms with E-state index in [0.29, 0.717) is 0 Å². The molecule has 0 bridgehead atoms. The lowest BCUT2D eigenvalue weighted by molar-refractivity contribution is -0.131. The Morgan fingerprint density at radius 1 is 1.37 bits per heavy atom. The number of nitrogens with two attached hydrogens (primary N) is 1. The number of hydrogen-bond donors (Lipinski definition) is 2. The number of nitrogens with one attached hydrogen (secondary N) is 1. The van der Waals surface area contributed by atoms with Crippen molar-refractivity contribution in [2.45, 2.75) is 32.4 Å². The fraction of sp³-hybridized carbons (Fsp3) is 0.500. The first-order valence-electron chi connectivity index (χ1n) is 6.24. The van der Waals surface area contributed by atoms with Gasteiger partial charge in [-0.05, 0) is 24.5 Å². The van der Waals surface area contributed by atoms with E-state index in [1.54, 1.807) is 0 Å². The Bertz CT molecular complexity index is 378. The lowest BCUT2D eigenvalue weighted by Crippen LogP contribution is -2.41. The Balaban J connectivity index is 0.00000324. The third-order valence-corrected chi connectivity index (χ3v) is 3.04. The van der Waals surface area contributed by atoms with Crippen LogP contribution in [-0.2, 0) is 16.0 Å². The highest BCUT2D eigenvalue weighted by atomic mass is 35.5. The molecule has 1 rings (SSSR count). The zero-order valence-electron chi connectivity index (χ0n) is 11.7. The monoisotopic (exact) mass is 286 g/mol. The van der Waals surface area contributed by atoms with Crippen molar-refractivity contribution < 1.29 is 9.53 Å². The zero-order valence-corrected chi connectivity index (χ0v) is 12.5. The number of halogens is 1. The van der Waals surface area contributed by atoms with Gasteiger partial charge >= 0.3 is 0 Å². The van der Waals surface area contributed by atoms with Gasteiger partial charge in [-0.2, -0.15) is 0 Å². The van der Waals surface area contributed by atoms with Gasteiger partial charge in [-0.3, -0.25) is 4.79 Å². The van der Waals surface area contributed by atoms with Crippen LogP contribution in [0.5, 0.6) is 0 Å². The summed E-state index contributed by atoms with van der Waals surface area (Å²) in [5.74, 6) is -0.174. The molecule has 1 aromatic rings. The molecule has 0 aromatic heterocycles. The number of rotatable bonds is 6. The first-order chi connectivity index (χ1) is 8.62. The Kier molecular flexibility index (Phi) is 8.39. The second kappa shape index (κ2) is 8.91. The molecule has 0 spiro atoms. The van der Waals surface area contributed by atoms with E-state index in [9.17, 15) is 4.79 Å². The molecule has 0 heterocycles. The van der Waals surface area contributed by atoms with Gasteiger partial charge in [0.15, 0.2) is 0 Å². The first-order valence-corrected chi connectivity index (χ1v) is 6.24. The van der Waals surface area contributed by atoms with E-state index in [1.165, 1.54) is 12.7 Å². The minimum atomic E-state index is -0.581. The van der Waals surface area contributed by atoms with Gasteiger partial charge < -0.3 is 15.8 Å². The second-order valence-corrected chi connectivity index (χ2v) is 4.29. The van der Waals surface area contributed by atoms with Gasteiger partial charge in [-0.15, -0.1) is 12.4 Å². The van der Waals surface area contributed by atoms with E-state index in [1.807, 2.05) is 19.1 Å². The third-order valence-electron chi connectivity index (χ3n) is 3.04. The molecule has 0 aliphatic heterocycles. The smallest absolute Gasteiger partial charge is 0.250 e. The van der Waals surface area contributed by atoms with Crippen molar-refractivity contribution in [3.63, 3.8) is 0 Å². The van der Waals surface area contributed by atoms with Crippen LogP contribution in [0.4, 0.5) is 0 Å². The van der Waals surface area contributed by atoms with E-state index in [4.69, 9.17) is 10.5 Å². The van der Waals surface area contributed by atoms with E-state index in [0.717, 1.165) is 12.0 Å². The van der Waals surface area contributed by atoms with Crippen LogP contribution in [0.3, 0.4) is 0 Å². The molecule has 1 aromatic carbocycles. The second-order valence-electron chi connectivity index (χ2n) is 4.29. The number of ether oxygens (including phenoxy) is 1. The van der Waals surface area contributed by atoms with Crippen LogP contribution in [0.2, 0.25) is 0 Å². The average molecular weight is 287 g/mol. The molecule has 0 saturated carbocycles. The van der Waals surface area contributed by atoms with Crippen molar-refractivity contribution in [1.82, 2.24) is 5.32 Å². The zero-order chi connectivity index (χ0) is 13.5. The maximum absolute atomic E-state index is 11.8. The summed E-state index contributed by atoms with van der Waals surface area (Å²) in [5.41, 5.74) is 7.81. The van der Waals surface area contributed by atoms with E-state index in [2.05, 4.69) is 24.4 Å². The molecule has 2 unspecified atom stereocenters. The summed E-state index contributed by atoms with van der Waals surface area (Å²) in [7, 11) is 1.48. The highest BCUT2D eigenvalue weighted by molar-refractivity contribution is 5.85. The maximum Gasteiger partial charge on any atom is 0.250 e. The van der Waals surface area contributed by atoms with Crippen molar-refractivity contribution in [3.8, 4) is 0 Å². The highest BCUT2D eigenvalue weighted by Crippen LogP contribution is 2.14. The summed E-state index contributed by atoms with van der Waals surface area (Å²) in [4.78, 5) is 11.8. The fourth-order valence-corrected chi connectivity index (χ4v) is 1.74. The largest absolute Gasteiger partial charge is 0.370 e. The van der Waals surface area contributed by atoms with Gasteiger partial charge in [0.25, 0.3) is 5.91 Å². The molecule has 0 aliphatic carbocycles. The van der Waals surface area contributed by atoms with Crippen LogP contribution in [0.1, 0.15) is 31.0 Å². The standard InChI is InChI=1S/C14H22N2O2.ClH/c1-4-11-5-7-12(8-6-11)10(2)16-14(17)13(9-15)18-3;/h5-8,10,13H,4,9,15H2,1-3H3,(H,16,17);1H. The normalized spacial score (nSPS) is 13.3. The fourth-order valence-electron chi connectivity index (χ4n) is 1.74. The van der Waals surface area contributed by atoms with E-state index >= 15 is 0 Å². The summed E-state index contributed by atoms with van der Waals surface area (Å²) in [6.45, 7) is 4.25. The van der Waals surface area contributed by atoms with Gasteiger partial charge in [0.05, 0.1) is 6.04 Å². The Labute approximate surface area is 121 Å². The maximum atomic E-state index is 11.8. The molecule has 1 amide bonds. The van der Waals surface area contributed by atoms with Crippen LogP contribution < -0.4 is 11.1 Å². The highest BCUT2D eigenvalue weighted by Gasteiger charge is 2.18. The molecular weight excluding hydrogens is 264 g/mol. The van der Waals surface area contributed by atoms with Gasteiger partial charge in [-0.25, -0.2) is 0 Å². The lowest BCUT2D eigenvalue weighted by atomic mass is 10.0. The lowest BCUT2D eigenvalue weighted by Gasteiger charge is -2.18. The summed E-state index contributed by atoms with van der Waals surface area (Å²) in [5, 5.41) is 2.89. The predicted molar refractivity (Wildman–Crippen MR) is 79.5 cm³/mol. The van der Waals surface area contributed by atoms with Crippen molar-refractivity contribution >= 4 is 18.3 Å². The van der Waals surface area contributed by atoms with E-state index < -0.39 is 6.10 Å². The summed E-state index contributed by atoms with van der Waals surface area (Å²) in [6.07, 6.45) is 0.433. The average Bonchev–Trinajstić information content (AvgIpc) is 2.40. The Morgan fingerprint density at radius 3 is 2.37 bits per heavy atom. The van der Waals surface area contributed by atoms with Crippen LogP contribution >= 0.6 is 12.4 Å². The first kappa shape index (κ1) is 17.9. The number of methoxy groups -OCH3 is 1. The third kappa shape index (κ3) is 5.19. The molecule has 0 radical (unpaired) electrons. The van der Waals surface area contributed by atoms with E-state index in [-0.39, 0.29) is 30.9 Å². The number of hydrogen-bond acceptors (Lipinski definition) is 3. The molecule has 2 atom stereocenters. The minimum Gasteiger partial charge on any atom is -0.370 e. The van der Waals surface area contributed by atoms with Crippen LogP contribution in [-0.4, -0.2) is 25.7 Å². The molecule has 0 aliphatic rings. The van der Waals surface area contributed by atoms with Crippen LogP contribution in [0.15, 0.2) is 24.3 Å². The molecule has 5 heteroatoms. The molecular formula is C14H23ClN2O2. The summed E-state index contributed by atoms with van der Waals surface area (Å²) in [6, 6.07) is 8.18. The number of amides is 1.